The largest absolute Gasteiger partial charge is 0.323 e. The first kappa shape index (κ1) is 15.6. The van der Waals surface area contributed by atoms with Crippen molar-refractivity contribution in [1.82, 2.24) is 14.8 Å². The van der Waals surface area contributed by atoms with E-state index in [4.69, 9.17) is 0 Å². The number of hydrogen-bond acceptors (Lipinski definition) is 3. The first-order valence-electron chi connectivity index (χ1n) is 8.70. The lowest BCUT2D eigenvalue weighted by Crippen LogP contribution is -2.12. The van der Waals surface area contributed by atoms with Crippen molar-refractivity contribution in [2.45, 2.75) is 32.1 Å². The van der Waals surface area contributed by atoms with E-state index < -0.39 is 0 Å². The molecule has 1 aliphatic rings. The van der Waals surface area contributed by atoms with Crippen molar-refractivity contribution in [2.24, 2.45) is 0 Å². The third kappa shape index (κ3) is 3.31. The molecular weight excluding hydrogens is 312 g/mol. The normalized spacial score (nSPS) is 14.8. The number of amides is 1. The summed E-state index contributed by atoms with van der Waals surface area (Å²) in [6.45, 7) is 0. The molecular formula is C20H20N4O. The van der Waals surface area contributed by atoms with Gasteiger partial charge in [0.15, 0.2) is 0 Å². The van der Waals surface area contributed by atoms with Crippen LogP contribution in [-0.2, 0) is 11.2 Å². The van der Waals surface area contributed by atoms with Gasteiger partial charge in [-0.3, -0.25) is 9.78 Å². The Morgan fingerprint density at radius 2 is 1.84 bits per heavy atom. The average molecular weight is 332 g/mol. The van der Waals surface area contributed by atoms with Gasteiger partial charge in [-0.2, -0.15) is 5.10 Å². The lowest BCUT2D eigenvalue weighted by atomic mass is 10.1. The molecule has 0 aliphatic carbocycles. The van der Waals surface area contributed by atoms with Crippen LogP contribution in [0.3, 0.4) is 0 Å². The third-order valence-electron chi connectivity index (χ3n) is 4.47. The van der Waals surface area contributed by atoms with Crippen molar-refractivity contribution in [3.05, 3.63) is 60.6 Å². The summed E-state index contributed by atoms with van der Waals surface area (Å²) in [5.41, 5.74) is 4.69. The zero-order chi connectivity index (χ0) is 17.1. The van der Waals surface area contributed by atoms with Crippen LogP contribution in [0.1, 0.15) is 31.4 Å². The van der Waals surface area contributed by atoms with Gasteiger partial charge in [-0.1, -0.05) is 24.6 Å². The van der Waals surface area contributed by atoms with Gasteiger partial charge in [0.05, 0.1) is 23.3 Å². The van der Waals surface area contributed by atoms with Gasteiger partial charge < -0.3 is 5.32 Å². The van der Waals surface area contributed by atoms with Crippen LogP contribution in [0.2, 0.25) is 0 Å². The first-order chi connectivity index (χ1) is 12.3. The van der Waals surface area contributed by atoms with E-state index >= 15 is 0 Å². The highest BCUT2D eigenvalue weighted by Crippen LogP contribution is 2.31. The second-order valence-electron chi connectivity index (χ2n) is 6.30. The highest BCUT2D eigenvalue weighted by molar-refractivity contribution is 5.94. The number of anilines is 1. The van der Waals surface area contributed by atoms with Gasteiger partial charge in [0.2, 0.25) is 5.91 Å². The summed E-state index contributed by atoms with van der Waals surface area (Å²) in [6, 6.07) is 14.0. The zero-order valence-corrected chi connectivity index (χ0v) is 14.0. The maximum Gasteiger partial charge on any atom is 0.224 e. The van der Waals surface area contributed by atoms with Crippen molar-refractivity contribution in [2.75, 3.05) is 5.32 Å². The van der Waals surface area contributed by atoms with Crippen LogP contribution in [-0.4, -0.2) is 20.7 Å². The number of aromatic nitrogens is 3. The van der Waals surface area contributed by atoms with Gasteiger partial charge in [-0.15, -0.1) is 0 Å². The molecule has 0 saturated carbocycles. The molecule has 0 radical (unpaired) electrons. The molecule has 1 aromatic carbocycles. The van der Waals surface area contributed by atoms with E-state index in [-0.39, 0.29) is 5.91 Å². The molecule has 4 rings (SSSR count). The number of benzene rings is 1. The second-order valence-corrected chi connectivity index (χ2v) is 6.30. The predicted octanol–water partition coefficient (Wildman–Crippen LogP) is 3.99. The van der Waals surface area contributed by atoms with E-state index in [1.807, 2.05) is 47.3 Å². The number of aryl methyl sites for hydroxylation is 1. The van der Waals surface area contributed by atoms with Crippen LogP contribution in [0.15, 0.2) is 54.9 Å². The Morgan fingerprint density at radius 1 is 1.00 bits per heavy atom. The maximum absolute atomic E-state index is 12.3. The molecule has 3 aromatic rings. The SMILES string of the molecule is O=C1CCCCCc2cc(ccn2)-c2c(cnn2-c2ccccc2)N1. The van der Waals surface area contributed by atoms with Crippen molar-refractivity contribution >= 4 is 11.6 Å². The minimum Gasteiger partial charge on any atom is -0.323 e. The van der Waals surface area contributed by atoms with Gasteiger partial charge in [0.25, 0.3) is 0 Å². The van der Waals surface area contributed by atoms with E-state index in [1.165, 1.54) is 0 Å². The average Bonchev–Trinajstić information content (AvgIpc) is 3.05. The molecule has 2 aromatic heterocycles. The number of nitrogens with zero attached hydrogens (tertiary/aromatic N) is 3. The van der Waals surface area contributed by atoms with Crippen molar-refractivity contribution in [3.8, 4) is 16.9 Å². The molecule has 25 heavy (non-hydrogen) atoms. The van der Waals surface area contributed by atoms with Gasteiger partial charge in [0.1, 0.15) is 0 Å². The smallest absolute Gasteiger partial charge is 0.224 e. The molecule has 1 aliphatic heterocycles. The minimum absolute atomic E-state index is 0.0451. The van der Waals surface area contributed by atoms with Gasteiger partial charge in [0, 0.05) is 23.9 Å². The summed E-state index contributed by atoms with van der Waals surface area (Å²) in [4.78, 5) is 16.8. The maximum atomic E-state index is 12.3. The van der Waals surface area contributed by atoms with Crippen molar-refractivity contribution in [3.63, 3.8) is 0 Å². The van der Waals surface area contributed by atoms with Crippen LogP contribution in [0.25, 0.3) is 16.9 Å². The molecule has 2 bridgehead atoms. The number of carbonyl (C=O) groups is 1. The van der Waals surface area contributed by atoms with Crippen LogP contribution >= 0.6 is 0 Å². The number of hydrogen-bond donors (Lipinski definition) is 1. The highest BCUT2D eigenvalue weighted by Gasteiger charge is 2.17. The Kier molecular flexibility index (Phi) is 4.29. The second kappa shape index (κ2) is 6.89. The molecule has 0 atom stereocenters. The summed E-state index contributed by atoms with van der Waals surface area (Å²) >= 11 is 0. The fraction of sp³-hybridized carbons (Fsp3) is 0.250. The molecule has 3 heterocycles. The van der Waals surface area contributed by atoms with Crippen LogP contribution < -0.4 is 5.32 Å². The molecule has 5 heteroatoms. The minimum atomic E-state index is 0.0451. The lowest BCUT2D eigenvalue weighted by Gasteiger charge is -2.13. The van der Waals surface area contributed by atoms with Crippen molar-refractivity contribution < 1.29 is 4.79 Å². The highest BCUT2D eigenvalue weighted by atomic mass is 16.1. The molecule has 0 saturated heterocycles. The fourth-order valence-electron chi connectivity index (χ4n) is 3.23. The van der Waals surface area contributed by atoms with E-state index in [9.17, 15) is 4.79 Å². The molecule has 0 fully saturated rings. The fourth-order valence-corrected chi connectivity index (χ4v) is 3.23. The van der Waals surface area contributed by atoms with Gasteiger partial charge in [-0.05, 0) is 43.5 Å². The zero-order valence-electron chi connectivity index (χ0n) is 14.0. The van der Waals surface area contributed by atoms with Gasteiger partial charge in [-0.25, -0.2) is 4.68 Å². The standard InChI is InChI=1S/C20H20N4O/c25-19-10-6-1-3-7-16-13-15(11-12-21-16)20-18(23-19)14-22-24(20)17-8-4-2-5-9-17/h2,4-5,8-9,11-14H,1,3,6-7,10H2,(H,23,25). The summed E-state index contributed by atoms with van der Waals surface area (Å²) < 4.78 is 1.88. The number of rotatable bonds is 1. The van der Waals surface area contributed by atoms with Crippen LogP contribution in [0, 0.1) is 0 Å². The molecule has 1 amide bonds. The Labute approximate surface area is 146 Å². The number of fused-ring (bicyclic) bond motifs is 4. The van der Waals surface area contributed by atoms with E-state index in [0.29, 0.717) is 6.42 Å². The Bertz CT molecular complexity index is 886. The quantitative estimate of drug-likeness (QED) is 0.733. The third-order valence-corrected chi connectivity index (χ3v) is 4.47. The number of nitrogens with one attached hydrogen (secondary N) is 1. The summed E-state index contributed by atoms with van der Waals surface area (Å²) in [6.07, 6.45) is 8.02. The van der Waals surface area contributed by atoms with Gasteiger partial charge >= 0.3 is 0 Å². The molecule has 0 spiro atoms. The topological polar surface area (TPSA) is 59.8 Å². The Balaban J connectivity index is 1.87. The predicted molar refractivity (Wildman–Crippen MR) is 97.6 cm³/mol. The van der Waals surface area contributed by atoms with Crippen LogP contribution in [0.5, 0.6) is 0 Å². The monoisotopic (exact) mass is 332 g/mol. The Morgan fingerprint density at radius 3 is 2.72 bits per heavy atom. The molecule has 1 N–H and O–H groups in total. The molecule has 0 unspecified atom stereocenters. The number of pyridine rings is 1. The number of carbonyl (C=O) groups excluding carboxylic acids is 1. The summed E-state index contributed by atoms with van der Waals surface area (Å²) in [5, 5.41) is 7.56. The first-order valence-corrected chi connectivity index (χ1v) is 8.70. The van der Waals surface area contributed by atoms with E-state index in [1.54, 1.807) is 6.20 Å². The summed E-state index contributed by atoms with van der Waals surface area (Å²) in [5.74, 6) is 0.0451. The van der Waals surface area contributed by atoms with Crippen LogP contribution in [0.4, 0.5) is 5.69 Å². The molecule has 126 valence electrons. The Hall–Kier alpha value is -2.95. The molecule has 5 nitrogen and oxygen atoms in total. The van der Waals surface area contributed by atoms with E-state index in [2.05, 4.69) is 21.5 Å². The van der Waals surface area contributed by atoms with E-state index in [0.717, 1.165) is 54.0 Å². The lowest BCUT2D eigenvalue weighted by molar-refractivity contribution is -0.116. The summed E-state index contributed by atoms with van der Waals surface area (Å²) in [7, 11) is 0. The number of para-hydroxylation sites is 1. The van der Waals surface area contributed by atoms with Crippen molar-refractivity contribution in [1.29, 1.82) is 0 Å².